The Hall–Kier alpha value is -0.770. The van der Waals surface area contributed by atoms with Gasteiger partial charge in [0.2, 0.25) is 0 Å². The Morgan fingerprint density at radius 1 is 0.955 bits per heavy atom. The molecule has 0 heterocycles. The molecule has 2 rings (SSSR count). The molecule has 0 aliphatic carbocycles. The molecule has 2 aromatic carbocycles. The zero-order chi connectivity index (χ0) is 15.4. The van der Waals surface area contributed by atoms with Crippen LogP contribution in [-0.2, 0) is 0 Å². The van der Waals surface area contributed by atoms with Crippen molar-refractivity contribution in [1.29, 1.82) is 0 Å². The highest BCUT2D eigenvalue weighted by Crippen LogP contribution is 2.32. The van der Waals surface area contributed by atoms with Gasteiger partial charge in [0.1, 0.15) is 0 Å². The van der Waals surface area contributed by atoms with E-state index < -0.39 is 6.10 Å². The van der Waals surface area contributed by atoms with E-state index >= 15 is 0 Å². The van der Waals surface area contributed by atoms with Crippen molar-refractivity contribution in [3.63, 3.8) is 0 Å². The molecular formula is C17H20Cl3NO. The van der Waals surface area contributed by atoms with Crippen molar-refractivity contribution >= 4 is 35.6 Å². The fourth-order valence-corrected chi connectivity index (χ4v) is 2.79. The van der Waals surface area contributed by atoms with Gasteiger partial charge in [0, 0.05) is 12.5 Å². The maximum Gasteiger partial charge on any atom is 0.0775 e. The predicted molar refractivity (Wildman–Crippen MR) is 96.6 cm³/mol. The lowest BCUT2D eigenvalue weighted by atomic mass is 9.86. The molecule has 22 heavy (non-hydrogen) atoms. The van der Waals surface area contributed by atoms with Gasteiger partial charge >= 0.3 is 0 Å². The van der Waals surface area contributed by atoms with E-state index in [1.54, 1.807) is 6.07 Å². The van der Waals surface area contributed by atoms with E-state index in [1.807, 2.05) is 61.5 Å². The molecule has 120 valence electrons. The van der Waals surface area contributed by atoms with Gasteiger partial charge in [-0.15, -0.1) is 12.4 Å². The average Bonchev–Trinajstić information content (AvgIpc) is 2.43. The van der Waals surface area contributed by atoms with Crippen LogP contribution in [0, 0.1) is 0 Å². The van der Waals surface area contributed by atoms with E-state index in [0.717, 1.165) is 11.1 Å². The standard InChI is InChI=1S/C17H19Cl2NO.ClH/c1-20(2)11-16(21)17(12-6-4-3-5-7-12)13-8-9-14(18)15(19)10-13;/h3-10,16-17,21H,11H2,1-2H3;1H. The van der Waals surface area contributed by atoms with E-state index in [9.17, 15) is 5.11 Å². The topological polar surface area (TPSA) is 23.5 Å². The molecule has 0 amide bonds. The van der Waals surface area contributed by atoms with Crippen molar-refractivity contribution < 1.29 is 5.11 Å². The maximum atomic E-state index is 10.6. The van der Waals surface area contributed by atoms with Crippen LogP contribution in [0.5, 0.6) is 0 Å². The molecule has 2 aromatic rings. The van der Waals surface area contributed by atoms with Crippen LogP contribution in [0.2, 0.25) is 10.0 Å². The van der Waals surface area contributed by atoms with Crippen LogP contribution >= 0.6 is 35.6 Å². The molecule has 0 aliphatic heterocycles. The Morgan fingerprint density at radius 2 is 1.59 bits per heavy atom. The minimum Gasteiger partial charge on any atom is -0.391 e. The predicted octanol–water partition coefficient (Wildman–Crippen LogP) is 4.47. The van der Waals surface area contributed by atoms with Gasteiger partial charge in [-0.3, -0.25) is 0 Å². The van der Waals surface area contributed by atoms with Crippen LogP contribution < -0.4 is 0 Å². The van der Waals surface area contributed by atoms with Gasteiger partial charge in [-0.2, -0.15) is 0 Å². The van der Waals surface area contributed by atoms with Gasteiger partial charge in [-0.1, -0.05) is 59.6 Å². The summed E-state index contributed by atoms with van der Waals surface area (Å²) in [6.45, 7) is 0.569. The third-order valence-electron chi connectivity index (χ3n) is 3.40. The van der Waals surface area contributed by atoms with Gasteiger partial charge in [-0.25, -0.2) is 0 Å². The molecule has 5 heteroatoms. The second-order valence-corrected chi connectivity index (χ2v) is 6.21. The molecule has 0 aromatic heterocycles. The van der Waals surface area contributed by atoms with E-state index in [0.29, 0.717) is 16.6 Å². The van der Waals surface area contributed by atoms with E-state index in [1.165, 1.54) is 0 Å². The second kappa shape index (κ2) is 8.76. The normalized spacial score (nSPS) is 13.5. The number of rotatable bonds is 5. The Labute approximate surface area is 148 Å². The first-order valence-corrected chi connectivity index (χ1v) is 7.57. The van der Waals surface area contributed by atoms with Crippen LogP contribution in [0.25, 0.3) is 0 Å². The summed E-state index contributed by atoms with van der Waals surface area (Å²) in [7, 11) is 3.89. The highest BCUT2D eigenvalue weighted by Gasteiger charge is 2.24. The Bertz CT molecular complexity index is 590. The van der Waals surface area contributed by atoms with Gasteiger partial charge < -0.3 is 10.0 Å². The second-order valence-electron chi connectivity index (χ2n) is 5.39. The lowest BCUT2D eigenvalue weighted by Gasteiger charge is -2.26. The van der Waals surface area contributed by atoms with Gasteiger partial charge in [-0.05, 0) is 37.4 Å². The average molecular weight is 361 g/mol. The van der Waals surface area contributed by atoms with E-state index in [-0.39, 0.29) is 18.3 Å². The molecule has 2 atom stereocenters. The minimum atomic E-state index is -0.528. The number of likely N-dealkylation sites (N-methyl/N-ethyl adjacent to an activating group) is 1. The largest absolute Gasteiger partial charge is 0.391 e. The first-order chi connectivity index (χ1) is 9.99. The van der Waals surface area contributed by atoms with Crippen LogP contribution in [0.3, 0.4) is 0 Å². The molecular weight excluding hydrogens is 341 g/mol. The minimum absolute atomic E-state index is 0. The SMILES string of the molecule is CN(C)CC(O)C(c1ccccc1)c1ccc(Cl)c(Cl)c1.Cl. The van der Waals surface area contributed by atoms with Gasteiger partial charge in [0.05, 0.1) is 16.1 Å². The Balaban J connectivity index is 0.00000242. The molecule has 2 unspecified atom stereocenters. The molecule has 0 saturated heterocycles. The number of hydrogen-bond donors (Lipinski definition) is 1. The first-order valence-electron chi connectivity index (χ1n) is 6.81. The highest BCUT2D eigenvalue weighted by atomic mass is 35.5. The van der Waals surface area contributed by atoms with Crippen LogP contribution in [0.4, 0.5) is 0 Å². The van der Waals surface area contributed by atoms with Gasteiger partial charge in [0.25, 0.3) is 0 Å². The molecule has 0 saturated carbocycles. The van der Waals surface area contributed by atoms with Crippen molar-refractivity contribution in [3.05, 3.63) is 69.7 Å². The molecule has 1 N–H and O–H groups in total. The number of aliphatic hydroxyl groups is 1. The monoisotopic (exact) mass is 359 g/mol. The highest BCUT2D eigenvalue weighted by molar-refractivity contribution is 6.42. The van der Waals surface area contributed by atoms with Crippen molar-refractivity contribution in [2.45, 2.75) is 12.0 Å². The summed E-state index contributed by atoms with van der Waals surface area (Å²) in [5.41, 5.74) is 2.02. The molecule has 0 radical (unpaired) electrons. The smallest absolute Gasteiger partial charge is 0.0775 e. The number of benzene rings is 2. The molecule has 0 fully saturated rings. The van der Waals surface area contributed by atoms with E-state index in [2.05, 4.69) is 0 Å². The van der Waals surface area contributed by atoms with Crippen molar-refractivity contribution in [2.75, 3.05) is 20.6 Å². The molecule has 0 aliphatic rings. The number of nitrogens with zero attached hydrogens (tertiary/aromatic N) is 1. The zero-order valence-corrected chi connectivity index (χ0v) is 14.9. The summed E-state index contributed by atoms with van der Waals surface area (Å²) in [4.78, 5) is 1.97. The summed E-state index contributed by atoms with van der Waals surface area (Å²) >= 11 is 12.1. The fraction of sp³-hybridized carbons (Fsp3) is 0.294. The summed E-state index contributed by atoms with van der Waals surface area (Å²) < 4.78 is 0. The third-order valence-corrected chi connectivity index (χ3v) is 4.14. The summed E-state index contributed by atoms with van der Waals surface area (Å²) in [5.74, 6) is -0.136. The summed E-state index contributed by atoms with van der Waals surface area (Å²) in [5, 5.41) is 11.7. The van der Waals surface area contributed by atoms with Gasteiger partial charge in [0.15, 0.2) is 0 Å². The summed E-state index contributed by atoms with van der Waals surface area (Å²) in [6.07, 6.45) is -0.528. The maximum absolute atomic E-state index is 10.6. The van der Waals surface area contributed by atoms with Crippen molar-refractivity contribution in [2.24, 2.45) is 0 Å². The van der Waals surface area contributed by atoms with Crippen LogP contribution in [0.15, 0.2) is 48.5 Å². The van der Waals surface area contributed by atoms with Crippen LogP contribution in [-0.4, -0.2) is 36.8 Å². The number of halogens is 3. The van der Waals surface area contributed by atoms with Crippen LogP contribution in [0.1, 0.15) is 17.0 Å². The number of hydrogen-bond acceptors (Lipinski definition) is 2. The van der Waals surface area contributed by atoms with Crippen molar-refractivity contribution in [1.82, 2.24) is 4.90 Å². The Morgan fingerprint density at radius 3 is 2.14 bits per heavy atom. The fourth-order valence-electron chi connectivity index (χ4n) is 2.48. The molecule has 0 spiro atoms. The lowest BCUT2D eigenvalue weighted by Crippen LogP contribution is -2.31. The quantitative estimate of drug-likeness (QED) is 0.850. The number of aliphatic hydroxyl groups excluding tert-OH is 1. The Kier molecular flexibility index (Phi) is 7.67. The summed E-state index contributed by atoms with van der Waals surface area (Å²) in [6, 6.07) is 15.5. The third kappa shape index (κ3) is 4.87. The lowest BCUT2D eigenvalue weighted by molar-refractivity contribution is 0.121. The first kappa shape index (κ1) is 19.3. The zero-order valence-electron chi connectivity index (χ0n) is 12.5. The molecule has 0 bridgehead atoms. The molecule has 2 nitrogen and oxygen atoms in total. The van der Waals surface area contributed by atoms with E-state index in [4.69, 9.17) is 23.2 Å². The van der Waals surface area contributed by atoms with Crippen molar-refractivity contribution in [3.8, 4) is 0 Å².